The second kappa shape index (κ2) is 16.1. The number of nitrogens with zero attached hydrogens (tertiary/aromatic N) is 2. The summed E-state index contributed by atoms with van der Waals surface area (Å²) in [6.45, 7) is 21.1. The number of carbonyl (C=O) groups excluding carboxylic acids is 4. The van der Waals surface area contributed by atoms with E-state index < -0.39 is 64.2 Å². The third-order valence-corrected chi connectivity index (χ3v) is 9.23. The molecule has 3 amide bonds. The molecule has 0 heterocycles. The summed E-state index contributed by atoms with van der Waals surface area (Å²) < 4.78 is 17.6. The van der Waals surface area contributed by atoms with Gasteiger partial charge in [0.05, 0.1) is 5.76 Å². The molecular weight excluding hydrogens is 631 g/mol. The number of allylic oxidation sites excluding steroid dienone is 3. The summed E-state index contributed by atoms with van der Waals surface area (Å²) in [4.78, 5) is 56.8. The number of nitrogens with one attached hydrogen (secondary N) is 1. The van der Waals surface area contributed by atoms with E-state index in [1.54, 1.807) is 27.7 Å². The van der Waals surface area contributed by atoms with Crippen molar-refractivity contribution in [3.63, 3.8) is 0 Å². The minimum Gasteiger partial charge on any atom is -0.545 e. The molecule has 2 unspecified atom stereocenters. The van der Waals surface area contributed by atoms with Crippen molar-refractivity contribution in [2.45, 2.75) is 110 Å². The third kappa shape index (κ3) is 13.3. The summed E-state index contributed by atoms with van der Waals surface area (Å²) in [7, 11) is -1.01. The van der Waals surface area contributed by atoms with Crippen molar-refractivity contribution in [3.05, 3.63) is 59.9 Å². The SMILES string of the molecule is CC1C=C(O[Si](C)(C)C)C=CC1C[C@H](NC(=O)[C@H](C)N(C)C(=O)[C@H](Cc1ccccc1)N(C)C(=O)OC(C)(C)C)C(=O)O[Si](C)(C)C. The van der Waals surface area contributed by atoms with Gasteiger partial charge in [0, 0.05) is 20.5 Å². The zero-order valence-electron chi connectivity index (χ0n) is 30.7. The highest BCUT2D eigenvalue weighted by molar-refractivity contribution is 6.71. The average molecular weight is 688 g/mol. The molecule has 1 aromatic rings. The Morgan fingerprint density at radius 1 is 0.936 bits per heavy atom. The monoisotopic (exact) mass is 687 g/mol. The second-order valence-electron chi connectivity index (χ2n) is 15.4. The molecular formula is C35H57N3O7Si2. The van der Waals surface area contributed by atoms with E-state index in [2.05, 4.69) is 38.0 Å². The van der Waals surface area contributed by atoms with Crippen LogP contribution in [0.2, 0.25) is 39.3 Å². The van der Waals surface area contributed by atoms with Gasteiger partial charge in [-0.15, -0.1) is 0 Å². The van der Waals surface area contributed by atoms with E-state index in [-0.39, 0.29) is 18.3 Å². The maximum Gasteiger partial charge on any atom is 0.410 e. The number of hydrogen-bond donors (Lipinski definition) is 1. The van der Waals surface area contributed by atoms with Crippen molar-refractivity contribution in [1.82, 2.24) is 15.1 Å². The summed E-state index contributed by atoms with van der Waals surface area (Å²) in [5, 5.41) is 2.89. The molecule has 0 fully saturated rings. The van der Waals surface area contributed by atoms with E-state index in [9.17, 15) is 19.2 Å². The largest absolute Gasteiger partial charge is 0.545 e. The number of hydrogen-bond acceptors (Lipinski definition) is 7. The van der Waals surface area contributed by atoms with Crippen LogP contribution in [-0.4, -0.2) is 88.1 Å². The molecule has 1 N–H and O–H groups in total. The van der Waals surface area contributed by atoms with Crippen LogP contribution in [0, 0.1) is 11.8 Å². The van der Waals surface area contributed by atoms with Crippen LogP contribution in [0.15, 0.2) is 54.3 Å². The lowest BCUT2D eigenvalue weighted by Gasteiger charge is -2.35. The van der Waals surface area contributed by atoms with E-state index in [1.165, 1.54) is 23.9 Å². The first kappa shape index (κ1) is 39.8. The first-order chi connectivity index (χ1) is 21.5. The molecule has 1 aliphatic rings. The van der Waals surface area contributed by atoms with Crippen molar-refractivity contribution in [2.24, 2.45) is 11.8 Å². The van der Waals surface area contributed by atoms with E-state index >= 15 is 0 Å². The standard InChI is InChI=1S/C35H57N3O7Si2/c1-24-21-28(44-46(8,9)10)20-19-27(24)23-29(33(41)45-47(11,12)13)36-31(39)25(2)37(6)32(40)30(22-26-17-15-14-16-18-26)38(7)34(42)43-35(3,4)5/h14-21,24-25,27,29-30H,22-23H2,1-13H3,(H,36,39)/t24?,25-,27?,29-,30-/m0/s1. The van der Waals surface area contributed by atoms with Gasteiger partial charge in [-0.1, -0.05) is 43.3 Å². The van der Waals surface area contributed by atoms with Gasteiger partial charge in [0.2, 0.25) is 28.4 Å². The van der Waals surface area contributed by atoms with Crippen LogP contribution < -0.4 is 5.32 Å². The molecule has 10 nitrogen and oxygen atoms in total. The Bertz CT molecular complexity index is 1310. The van der Waals surface area contributed by atoms with Crippen LogP contribution in [0.3, 0.4) is 0 Å². The molecule has 0 bridgehead atoms. The van der Waals surface area contributed by atoms with Crippen LogP contribution in [0.5, 0.6) is 0 Å². The van der Waals surface area contributed by atoms with Crippen LogP contribution >= 0.6 is 0 Å². The molecule has 0 aromatic heterocycles. The number of carbonyl (C=O) groups is 4. The number of benzene rings is 1. The number of amides is 3. The second-order valence-corrected chi connectivity index (χ2v) is 24.3. The average Bonchev–Trinajstić information content (AvgIpc) is 2.93. The lowest BCUT2D eigenvalue weighted by Crippen LogP contribution is -2.57. The van der Waals surface area contributed by atoms with Gasteiger partial charge in [0.15, 0.2) is 0 Å². The summed E-state index contributed by atoms with van der Waals surface area (Å²) in [5.74, 6) is -0.574. The van der Waals surface area contributed by atoms with E-state index in [0.29, 0.717) is 6.42 Å². The first-order valence-electron chi connectivity index (χ1n) is 16.4. The van der Waals surface area contributed by atoms with Crippen molar-refractivity contribution in [1.29, 1.82) is 0 Å². The van der Waals surface area contributed by atoms with Crippen molar-refractivity contribution in [3.8, 4) is 0 Å². The fraction of sp³-hybridized carbons (Fsp3) is 0.600. The Hall–Kier alpha value is -3.39. The number of rotatable bonds is 13. The highest BCUT2D eigenvalue weighted by Crippen LogP contribution is 2.29. The highest BCUT2D eigenvalue weighted by atomic mass is 28.4. The molecule has 5 atom stereocenters. The molecule has 47 heavy (non-hydrogen) atoms. The minimum atomic E-state index is -2.27. The van der Waals surface area contributed by atoms with Crippen LogP contribution in [0.25, 0.3) is 0 Å². The van der Waals surface area contributed by atoms with Gasteiger partial charge in [-0.25, -0.2) is 4.79 Å². The quantitative estimate of drug-likeness (QED) is 0.249. The molecule has 12 heteroatoms. The fourth-order valence-corrected chi connectivity index (χ4v) is 6.58. The molecule has 0 spiro atoms. The highest BCUT2D eigenvalue weighted by Gasteiger charge is 2.37. The van der Waals surface area contributed by atoms with Gasteiger partial charge in [0.1, 0.15) is 23.7 Å². The molecule has 0 radical (unpaired) electrons. The van der Waals surface area contributed by atoms with Gasteiger partial charge in [0.25, 0.3) is 0 Å². The maximum atomic E-state index is 14.0. The van der Waals surface area contributed by atoms with Crippen LogP contribution in [0.1, 0.15) is 46.6 Å². The predicted molar refractivity (Wildman–Crippen MR) is 190 cm³/mol. The molecule has 2 rings (SSSR count). The number of likely N-dealkylation sites (N-methyl/N-ethyl adjacent to an activating group) is 2. The van der Waals surface area contributed by atoms with Gasteiger partial charge >= 0.3 is 12.1 Å². The van der Waals surface area contributed by atoms with Crippen molar-refractivity contribution >= 4 is 40.5 Å². The molecule has 0 saturated heterocycles. The van der Waals surface area contributed by atoms with Crippen molar-refractivity contribution < 1.29 is 32.8 Å². The summed E-state index contributed by atoms with van der Waals surface area (Å²) in [6, 6.07) is 6.55. The zero-order valence-corrected chi connectivity index (χ0v) is 32.7. The summed E-state index contributed by atoms with van der Waals surface area (Å²) in [5.41, 5.74) is 0.0941. The molecule has 1 aliphatic carbocycles. The van der Waals surface area contributed by atoms with Gasteiger partial charge < -0.3 is 23.8 Å². The smallest absolute Gasteiger partial charge is 0.410 e. The van der Waals surface area contributed by atoms with E-state index in [4.69, 9.17) is 13.6 Å². The molecule has 0 saturated carbocycles. The van der Waals surface area contributed by atoms with Crippen LogP contribution in [0.4, 0.5) is 4.79 Å². The van der Waals surface area contributed by atoms with Crippen LogP contribution in [-0.2, 0) is 34.4 Å². The third-order valence-electron chi connectivity index (χ3n) is 7.56. The predicted octanol–water partition coefficient (Wildman–Crippen LogP) is 6.12. The normalized spacial score (nSPS) is 18.6. The number of ether oxygens (including phenoxy) is 1. The lowest BCUT2D eigenvalue weighted by atomic mass is 9.84. The minimum absolute atomic E-state index is 0.0455. The topological polar surface area (TPSA) is 114 Å². The Morgan fingerprint density at radius 2 is 1.53 bits per heavy atom. The zero-order chi connectivity index (χ0) is 35.9. The molecule has 0 aliphatic heterocycles. The van der Waals surface area contributed by atoms with Gasteiger partial charge in [-0.2, -0.15) is 0 Å². The summed E-state index contributed by atoms with van der Waals surface area (Å²) in [6.07, 6.45) is 5.94. The van der Waals surface area contributed by atoms with Crippen molar-refractivity contribution in [2.75, 3.05) is 14.1 Å². The van der Waals surface area contributed by atoms with Gasteiger partial charge in [-0.3, -0.25) is 19.3 Å². The Balaban J connectivity index is 2.28. The lowest BCUT2D eigenvalue weighted by molar-refractivity contribution is -0.144. The van der Waals surface area contributed by atoms with E-state index in [0.717, 1.165) is 11.3 Å². The molecule has 1 aromatic carbocycles. The Kier molecular flexibility index (Phi) is 13.7. The van der Waals surface area contributed by atoms with Gasteiger partial charge in [-0.05, 0) is 103 Å². The Labute approximate surface area is 284 Å². The Morgan fingerprint density at radius 3 is 2.04 bits per heavy atom. The first-order valence-corrected chi connectivity index (χ1v) is 23.2. The summed E-state index contributed by atoms with van der Waals surface area (Å²) >= 11 is 0. The fourth-order valence-electron chi connectivity index (χ4n) is 4.99. The molecule has 262 valence electrons. The van der Waals surface area contributed by atoms with E-state index in [1.807, 2.05) is 62.1 Å². The maximum absolute atomic E-state index is 14.0.